The highest BCUT2D eigenvalue weighted by atomic mass is 79.9. The molecule has 0 saturated carbocycles. The summed E-state index contributed by atoms with van der Waals surface area (Å²) in [5.41, 5.74) is 1.11. The van der Waals surface area contributed by atoms with Crippen molar-refractivity contribution < 1.29 is 9.90 Å². The van der Waals surface area contributed by atoms with Crippen molar-refractivity contribution in [1.82, 2.24) is 19.9 Å². The van der Waals surface area contributed by atoms with Crippen molar-refractivity contribution in [3.8, 4) is 5.69 Å². The van der Waals surface area contributed by atoms with Gasteiger partial charge in [-0.2, -0.15) is 0 Å². The lowest BCUT2D eigenvalue weighted by Crippen LogP contribution is -2.31. The highest BCUT2D eigenvalue weighted by Crippen LogP contribution is 2.30. The van der Waals surface area contributed by atoms with Gasteiger partial charge in [0.2, 0.25) is 0 Å². The number of aliphatic carboxylic acids is 1. The lowest BCUT2D eigenvalue weighted by Gasteiger charge is -2.19. The predicted octanol–water partition coefficient (Wildman–Crippen LogP) is 2.33. The molecule has 0 spiro atoms. The molecule has 1 N–H and O–H groups in total. The number of halogens is 1. The van der Waals surface area contributed by atoms with Crippen LogP contribution >= 0.6 is 15.9 Å². The lowest BCUT2D eigenvalue weighted by molar-refractivity contribution is -0.147. The van der Waals surface area contributed by atoms with Gasteiger partial charge in [0.15, 0.2) is 0 Å². The molecule has 0 amide bonds. The summed E-state index contributed by atoms with van der Waals surface area (Å²) in [5.74, 6) is -0.730. The van der Waals surface area contributed by atoms with Crippen LogP contribution in [0.3, 0.4) is 0 Å². The Bertz CT molecular complexity index is 702. The zero-order valence-corrected chi connectivity index (χ0v) is 13.8. The molecule has 3 rings (SSSR count). The second kappa shape index (κ2) is 5.81. The fourth-order valence-corrected chi connectivity index (χ4v) is 3.19. The first kappa shape index (κ1) is 15.2. The Morgan fingerprint density at radius 3 is 2.91 bits per heavy atom. The number of aromatic nitrogens is 3. The van der Waals surface area contributed by atoms with Crippen molar-refractivity contribution in [2.45, 2.75) is 19.9 Å². The Hall–Kier alpha value is -1.73. The molecule has 1 aliphatic rings. The maximum Gasteiger partial charge on any atom is 0.310 e. The van der Waals surface area contributed by atoms with Crippen LogP contribution in [0.2, 0.25) is 0 Å². The van der Waals surface area contributed by atoms with Gasteiger partial charge in [-0.1, -0.05) is 17.3 Å². The van der Waals surface area contributed by atoms with Crippen LogP contribution in [0.15, 0.2) is 34.9 Å². The van der Waals surface area contributed by atoms with E-state index in [-0.39, 0.29) is 0 Å². The molecule has 2 heterocycles. The van der Waals surface area contributed by atoms with E-state index in [4.69, 9.17) is 0 Å². The van der Waals surface area contributed by atoms with Crippen LogP contribution in [-0.2, 0) is 11.3 Å². The van der Waals surface area contributed by atoms with E-state index in [1.165, 1.54) is 0 Å². The van der Waals surface area contributed by atoms with E-state index in [1.807, 2.05) is 30.5 Å². The standard InChI is InChI=1S/C15H17BrN4O2/c1-15(14(21)22)6-7-19(10-15)8-11-9-20(18-17-11)13-5-3-2-4-12(13)16/h2-5,9H,6-8,10H2,1H3,(H,21,22). The number of nitrogens with zero attached hydrogens (tertiary/aromatic N) is 4. The van der Waals surface area contributed by atoms with E-state index >= 15 is 0 Å². The summed E-state index contributed by atoms with van der Waals surface area (Å²) in [6.45, 7) is 3.73. The van der Waals surface area contributed by atoms with Crippen LogP contribution in [0.1, 0.15) is 19.0 Å². The topological polar surface area (TPSA) is 71.2 Å². The normalized spacial score (nSPS) is 22.1. The molecule has 1 saturated heterocycles. The number of benzene rings is 1. The van der Waals surface area contributed by atoms with Crippen LogP contribution in [0.4, 0.5) is 0 Å². The number of carbonyl (C=O) groups is 1. The van der Waals surface area contributed by atoms with E-state index in [0.717, 1.165) is 22.4 Å². The largest absolute Gasteiger partial charge is 0.481 e. The van der Waals surface area contributed by atoms with Gasteiger partial charge in [-0.3, -0.25) is 9.69 Å². The van der Waals surface area contributed by atoms with Crippen molar-refractivity contribution in [1.29, 1.82) is 0 Å². The highest BCUT2D eigenvalue weighted by molar-refractivity contribution is 9.10. The zero-order chi connectivity index (χ0) is 15.7. The summed E-state index contributed by atoms with van der Waals surface area (Å²) >= 11 is 3.50. The summed E-state index contributed by atoms with van der Waals surface area (Å²) in [6, 6.07) is 7.80. The fourth-order valence-electron chi connectivity index (χ4n) is 2.72. The van der Waals surface area contributed by atoms with Gasteiger partial charge in [0, 0.05) is 17.6 Å². The van der Waals surface area contributed by atoms with Gasteiger partial charge in [-0.05, 0) is 48.0 Å². The number of hydrogen-bond acceptors (Lipinski definition) is 4. The average Bonchev–Trinajstić information content (AvgIpc) is 3.08. The van der Waals surface area contributed by atoms with Crippen LogP contribution in [0, 0.1) is 5.41 Å². The third-order valence-corrected chi connectivity index (χ3v) is 4.76. The Morgan fingerprint density at radius 2 is 2.23 bits per heavy atom. The van der Waals surface area contributed by atoms with E-state index in [1.54, 1.807) is 11.6 Å². The predicted molar refractivity (Wildman–Crippen MR) is 84.7 cm³/mol. The van der Waals surface area contributed by atoms with Gasteiger partial charge in [-0.25, -0.2) is 4.68 Å². The molecule has 116 valence electrons. The Morgan fingerprint density at radius 1 is 1.45 bits per heavy atom. The summed E-state index contributed by atoms with van der Waals surface area (Å²) in [5, 5.41) is 17.6. The molecular formula is C15H17BrN4O2. The Balaban J connectivity index is 1.71. The Labute approximate surface area is 136 Å². The molecule has 0 aliphatic carbocycles. The molecule has 1 fully saturated rings. The van der Waals surface area contributed by atoms with Crippen LogP contribution in [0.25, 0.3) is 5.69 Å². The minimum absolute atomic E-state index is 0.546. The van der Waals surface area contributed by atoms with Crippen molar-refractivity contribution in [2.24, 2.45) is 5.41 Å². The second-order valence-corrected chi connectivity index (χ2v) is 6.79. The van der Waals surface area contributed by atoms with E-state index in [2.05, 4.69) is 31.1 Å². The summed E-state index contributed by atoms with van der Waals surface area (Å²) < 4.78 is 2.68. The molecule has 1 atom stereocenters. The minimum Gasteiger partial charge on any atom is -0.481 e. The van der Waals surface area contributed by atoms with Crippen LogP contribution < -0.4 is 0 Å². The number of para-hydroxylation sites is 1. The maximum absolute atomic E-state index is 11.3. The summed E-state index contributed by atoms with van der Waals surface area (Å²) in [6.07, 6.45) is 2.55. The van der Waals surface area contributed by atoms with Gasteiger partial charge in [0.05, 0.1) is 23.0 Å². The van der Waals surface area contributed by atoms with E-state index in [9.17, 15) is 9.90 Å². The Kier molecular flexibility index (Phi) is 4.01. The quantitative estimate of drug-likeness (QED) is 0.901. The van der Waals surface area contributed by atoms with Gasteiger partial charge in [-0.15, -0.1) is 5.10 Å². The molecule has 0 bridgehead atoms. The third-order valence-electron chi connectivity index (χ3n) is 4.09. The second-order valence-electron chi connectivity index (χ2n) is 5.93. The number of carboxylic acids is 1. The van der Waals surface area contributed by atoms with Crippen molar-refractivity contribution in [2.75, 3.05) is 13.1 Å². The average molecular weight is 365 g/mol. The molecule has 1 aliphatic heterocycles. The first-order valence-electron chi connectivity index (χ1n) is 7.10. The molecule has 1 aromatic heterocycles. The fraction of sp³-hybridized carbons (Fsp3) is 0.400. The number of carboxylic acid groups (broad SMARTS) is 1. The van der Waals surface area contributed by atoms with Crippen molar-refractivity contribution >= 4 is 21.9 Å². The summed E-state index contributed by atoms with van der Waals surface area (Å²) in [7, 11) is 0. The smallest absolute Gasteiger partial charge is 0.310 e. The van der Waals surface area contributed by atoms with Gasteiger partial charge in [0.1, 0.15) is 0 Å². The lowest BCUT2D eigenvalue weighted by atomic mass is 9.90. The molecule has 6 nitrogen and oxygen atoms in total. The SMILES string of the molecule is CC1(C(=O)O)CCN(Cc2cn(-c3ccccc3Br)nn2)C1. The highest BCUT2D eigenvalue weighted by Gasteiger charge is 2.40. The molecular weight excluding hydrogens is 348 g/mol. The third kappa shape index (κ3) is 2.91. The molecule has 0 radical (unpaired) electrons. The van der Waals surface area contributed by atoms with Crippen LogP contribution in [0.5, 0.6) is 0 Å². The number of likely N-dealkylation sites (tertiary alicyclic amines) is 1. The monoisotopic (exact) mass is 364 g/mol. The minimum atomic E-state index is -0.730. The number of rotatable bonds is 4. The zero-order valence-electron chi connectivity index (χ0n) is 12.2. The number of hydrogen-bond donors (Lipinski definition) is 1. The maximum atomic E-state index is 11.3. The van der Waals surface area contributed by atoms with E-state index < -0.39 is 11.4 Å². The van der Waals surface area contributed by atoms with Gasteiger partial charge < -0.3 is 5.11 Å². The van der Waals surface area contributed by atoms with Crippen LogP contribution in [-0.4, -0.2) is 44.1 Å². The first-order valence-corrected chi connectivity index (χ1v) is 7.89. The van der Waals surface area contributed by atoms with Gasteiger partial charge in [0.25, 0.3) is 0 Å². The molecule has 1 unspecified atom stereocenters. The van der Waals surface area contributed by atoms with E-state index in [0.29, 0.717) is 19.5 Å². The molecule has 2 aromatic rings. The first-order chi connectivity index (χ1) is 10.5. The summed E-state index contributed by atoms with van der Waals surface area (Å²) in [4.78, 5) is 13.4. The molecule has 1 aromatic carbocycles. The van der Waals surface area contributed by atoms with Crippen molar-refractivity contribution in [3.63, 3.8) is 0 Å². The van der Waals surface area contributed by atoms with Crippen molar-refractivity contribution in [3.05, 3.63) is 40.6 Å². The molecule has 7 heteroatoms. The van der Waals surface area contributed by atoms with Gasteiger partial charge >= 0.3 is 5.97 Å². The molecule has 22 heavy (non-hydrogen) atoms.